The molecule has 0 radical (unpaired) electrons. The highest BCUT2D eigenvalue weighted by atomic mass is 35.5. The number of nitrogens with zero attached hydrogens (tertiary/aromatic N) is 2. The third-order valence-electron chi connectivity index (χ3n) is 4.73. The minimum Gasteiger partial charge on any atom is -0.469 e. The van der Waals surface area contributed by atoms with Gasteiger partial charge in [0.2, 0.25) is 0 Å². The number of benzene rings is 2. The Hall–Kier alpha value is -3.32. The van der Waals surface area contributed by atoms with Crippen molar-refractivity contribution in [2.75, 3.05) is 7.11 Å². The number of urea groups is 1. The van der Waals surface area contributed by atoms with Crippen LogP contribution in [0.4, 0.5) is 4.79 Å². The molecule has 0 fully saturated rings. The molecule has 2 N–H and O–H groups in total. The smallest absolute Gasteiger partial charge is 0.315 e. The molecular weight excluding hydrogens is 404 g/mol. The summed E-state index contributed by atoms with van der Waals surface area (Å²) in [5.41, 5.74) is 2.57. The lowest BCUT2D eigenvalue weighted by Crippen LogP contribution is -2.40. The monoisotopic (exact) mass is 426 g/mol. The molecule has 1 aromatic heterocycles. The van der Waals surface area contributed by atoms with Crippen LogP contribution in [0.3, 0.4) is 0 Å². The first kappa shape index (κ1) is 21.4. The second kappa shape index (κ2) is 9.93. The highest BCUT2D eigenvalue weighted by Gasteiger charge is 2.22. The number of hydrogen-bond acceptors (Lipinski definition) is 4. The molecule has 0 aliphatic rings. The molecule has 3 rings (SSSR count). The standard InChI is InChI=1S/C22H23ClN4O3/c1-15(16-7-9-17(10-8-16)27-12-11-24-14-27)25-22(29)26-20(13-21(28)30-2)18-5-3-4-6-19(18)23/h3-12,14-15,20H,13H2,1-2H3,(H2,25,26,29)/t15-,20+/m1/s1. The lowest BCUT2D eigenvalue weighted by Gasteiger charge is -2.22. The van der Waals surface area contributed by atoms with Gasteiger partial charge >= 0.3 is 12.0 Å². The normalized spacial score (nSPS) is 12.6. The van der Waals surface area contributed by atoms with Crippen LogP contribution in [0.5, 0.6) is 0 Å². The molecular formula is C22H23ClN4O3. The van der Waals surface area contributed by atoms with E-state index in [2.05, 4.69) is 15.6 Å². The van der Waals surface area contributed by atoms with E-state index in [0.717, 1.165) is 11.3 Å². The second-order valence-corrected chi connectivity index (χ2v) is 7.16. The topological polar surface area (TPSA) is 85.2 Å². The number of amides is 2. The molecule has 1 heterocycles. The summed E-state index contributed by atoms with van der Waals surface area (Å²) >= 11 is 6.26. The Morgan fingerprint density at radius 2 is 1.87 bits per heavy atom. The fourth-order valence-electron chi connectivity index (χ4n) is 3.07. The summed E-state index contributed by atoms with van der Waals surface area (Å²) in [4.78, 5) is 28.5. The van der Waals surface area contributed by atoms with Gasteiger partial charge in [-0.2, -0.15) is 0 Å². The van der Waals surface area contributed by atoms with Crippen LogP contribution in [-0.2, 0) is 9.53 Å². The first-order chi connectivity index (χ1) is 14.5. The SMILES string of the molecule is COC(=O)C[C@H](NC(=O)N[C@H](C)c1ccc(-n2ccnc2)cc1)c1ccccc1Cl. The largest absolute Gasteiger partial charge is 0.469 e. The van der Waals surface area contributed by atoms with Gasteiger partial charge in [0, 0.05) is 23.1 Å². The Balaban J connectivity index is 1.67. The highest BCUT2D eigenvalue weighted by molar-refractivity contribution is 6.31. The van der Waals surface area contributed by atoms with Crippen LogP contribution in [0.25, 0.3) is 5.69 Å². The number of esters is 1. The summed E-state index contributed by atoms with van der Waals surface area (Å²) in [5, 5.41) is 6.19. The molecule has 0 saturated heterocycles. The average molecular weight is 427 g/mol. The molecule has 7 nitrogen and oxygen atoms in total. The van der Waals surface area contributed by atoms with Gasteiger partial charge in [-0.15, -0.1) is 0 Å². The predicted molar refractivity (Wildman–Crippen MR) is 114 cm³/mol. The number of carbonyl (C=O) groups is 2. The van der Waals surface area contributed by atoms with Crippen LogP contribution in [0.2, 0.25) is 5.02 Å². The number of rotatable bonds is 7. The maximum Gasteiger partial charge on any atom is 0.315 e. The quantitative estimate of drug-likeness (QED) is 0.555. The number of imidazole rings is 1. The minimum atomic E-state index is -0.609. The second-order valence-electron chi connectivity index (χ2n) is 6.76. The molecule has 2 aromatic carbocycles. The minimum absolute atomic E-state index is 0.0262. The molecule has 8 heteroatoms. The van der Waals surface area contributed by atoms with Crippen molar-refractivity contribution < 1.29 is 14.3 Å². The summed E-state index contributed by atoms with van der Waals surface area (Å²) in [5.74, 6) is -0.441. The van der Waals surface area contributed by atoms with Crippen LogP contribution < -0.4 is 10.6 Å². The van der Waals surface area contributed by atoms with E-state index in [0.29, 0.717) is 10.6 Å². The first-order valence-electron chi connectivity index (χ1n) is 9.44. The Labute approximate surface area is 180 Å². The Bertz CT molecular complexity index is 990. The van der Waals surface area contributed by atoms with Gasteiger partial charge in [-0.3, -0.25) is 4.79 Å². The zero-order valence-electron chi connectivity index (χ0n) is 16.7. The van der Waals surface area contributed by atoms with E-state index < -0.39 is 18.0 Å². The lowest BCUT2D eigenvalue weighted by molar-refractivity contribution is -0.141. The summed E-state index contributed by atoms with van der Waals surface area (Å²) in [6.07, 6.45) is 5.27. The van der Waals surface area contributed by atoms with Gasteiger partial charge in [-0.1, -0.05) is 41.9 Å². The molecule has 156 valence electrons. The molecule has 0 spiro atoms. The molecule has 3 aromatic rings. The zero-order chi connectivity index (χ0) is 21.5. The van der Waals surface area contributed by atoms with Crippen LogP contribution in [0.1, 0.15) is 36.6 Å². The molecule has 0 bridgehead atoms. The van der Waals surface area contributed by atoms with Gasteiger partial charge in [0.05, 0.1) is 31.9 Å². The lowest BCUT2D eigenvalue weighted by atomic mass is 10.0. The van der Waals surface area contributed by atoms with Crippen LogP contribution in [0.15, 0.2) is 67.3 Å². The summed E-state index contributed by atoms with van der Waals surface area (Å²) in [7, 11) is 1.31. The third kappa shape index (κ3) is 5.39. The molecule has 0 aliphatic carbocycles. The number of methoxy groups -OCH3 is 1. The maximum absolute atomic E-state index is 12.6. The average Bonchev–Trinajstić information content (AvgIpc) is 3.28. The van der Waals surface area contributed by atoms with E-state index in [1.54, 1.807) is 36.8 Å². The Kier molecular flexibility index (Phi) is 7.08. The number of carbonyl (C=O) groups excluding carboxylic acids is 2. The van der Waals surface area contributed by atoms with Crippen molar-refractivity contribution in [2.45, 2.75) is 25.4 Å². The van der Waals surface area contributed by atoms with Crippen molar-refractivity contribution in [2.24, 2.45) is 0 Å². The zero-order valence-corrected chi connectivity index (χ0v) is 17.5. The molecule has 0 aliphatic heterocycles. The molecule has 0 unspecified atom stereocenters. The van der Waals surface area contributed by atoms with Gasteiger partial charge in [0.15, 0.2) is 0 Å². The van der Waals surface area contributed by atoms with Crippen molar-refractivity contribution in [1.82, 2.24) is 20.2 Å². The predicted octanol–water partition coefficient (Wildman–Crippen LogP) is 4.19. The van der Waals surface area contributed by atoms with Gasteiger partial charge < -0.3 is 19.9 Å². The molecule has 2 amide bonds. The highest BCUT2D eigenvalue weighted by Crippen LogP contribution is 2.25. The van der Waals surface area contributed by atoms with Crippen molar-refractivity contribution >= 4 is 23.6 Å². The van der Waals surface area contributed by atoms with Gasteiger partial charge in [0.1, 0.15) is 0 Å². The number of halogens is 1. The van der Waals surface area contributed by atoms with Gasteiger partial charge in [-0.25, -0.2) is 9.78 Å². The van der Waals surface area contributed by atoms with E-state index in [9.17, 15) is 9.59 Å². The van der Waals surface area contributed by atoms with Crippen molar-refractivity contribution in [3.63, 3.8) is 0 Å². The fourth-order valence-corrected chi connectivity index (χ4v) is 3.34. The Morgan fingerprint density at radius 3 is 2.50 bits per heavy atom. The van der Waals surface area contributed by atoms with E-state index in [-0.39, 0.29) is 12.5 Å². The summed E-state index contributed by atoms with van der Waals surface area (Å²) in [6.45, 7) is 1.89. The number of nitrogens with one attached hydrogen (secondary N) is 2. The molecule has 2 atom stereocenters. The fraction of sp³-hybridized carbons (Fsp3) is 0.227. The van der Waals surface area contributed by atoms with E-state index in [1.165, 1.54) is 7.11 Å². The van der Waals surface area contributed by atoms with Crippen molar-refractivity contribution in [3.8, 4) is 5.69 Å². The number of ether oxygens (including phenoxy) is 1. The Morgan fingerprint density at radius 1 is 1.13 bits per heavy atom. The van der Waals surface area contributed by atoms with Crippen molar-refractivity contribution in [3.05, 3.63) is 83.4 Å². The number of hydrogen-bond donors (Lipinski definition) is 2. The van der Waals surface area contributed by atoms with Crippen molar-refractivity contribution in [1.29, 1.82) is 0 Å². The van der Waals surface area contributed by atoms with Crippen LogP contribution in [0, 0.1) is 0 Å². The van der Waals surface area contributed by atoms with E-state index in [1.807, 2.05) is 42.0 Å². The molecule has 30 heavy (non-hydrogen) atoms. The third-order valence-corrected chi connectivity index (χ3v) is 5.07. The van der Waals surface area contributed by atoms with E-state index >= 15 is 0 Å². The summed E-state index contributed by atoms with van der Waals surface area (Å²) < 4.78 is 6.65. The van der Waals surface area contributed by atoms with Gasteiger partial charge in [0.25, 0.3) is 0 Å². The molecule has 0 saturated carbocycles. The first-order valence-corrected chi connectivity index (χ1v) is 9.82. The van der Waals surface area contributed by atoms with Gasteiger partial charge in [-0.05, 0) is 36.2 Å². The van der Waals surface area contributed by atoms with E-state index in [4.69, 9.17) is 16.3 Å². The van der Waals surface area contributed by atoms with Crippen LogP contribution >= 0.6 is 11.6 Å². The maximum atomic E-state index is 12.6. The number of aromatic nitrogens is 2. The summed E-state index contributed by atoms with van der Waals surface area (Å²) in [6, 6.07) is 13.6. The van der Waals surface area contributed by atoms with Crippen LogP contribution in [-0.4, -0.2) is 28.7 Å².